The molecule has 0 aliphatic heterocycles. The fourth-order valence-corrected chi connectivity index (χ4v) is 3.14. The monoisotopic (exact) mass is 403 g/mol. The van der Waals surface area contributed by atoms with Crippen LogP contribution in [0.5, 0.6) is 5.75 Å². The second kappa shape index (κ2) is 7.41. The molecule has 10 heteroatoms. The number of benzene rings is 2. The van der Waals surface area contributed by atoms with Gasteiger partial charge in [-0.3, -0.25) is 4.79 Å². The maximum absolute atomic E-state index is 12.6. The van der Waals surface area contributed by atoms with Crippen molar-refractivity contribution in [1.29, 1.82) is 0 Å². The minimum atomic E-state index is -4.02. The van der Waals surface area contributed by atoms with E-state index in [1.807, 2.05) is 0 Å². The number of aromatic amines is 1. The van der Waals surface area contributed by atoms with Gasteiger partial charge in [0.25, 0.3) is 5.56 Å². The van der Waals surface area contributed by atoms with Gasteiger partial charge in [-0.2, -0.15) is 0 Å². The van der Waals surface area contributed by atoms with Crippen LogP contribution >= 0.6 is 0 Å². The number of nitrogens with one attached hydrogen (secondary N) is 1. The number of ether oxygens (including phenoxy) is 2. The molecule has 0 aliphatic rings. The van der Waals surface area contributed by atoms with E-state index in [4.69, 9.17) is 14.6 Å². The van der Waals surface area contributed by atoms with Crippen molar-refractivity contribution >= 4 is 26.9 Å². The summed E-state index contributed by atoms with van der Waals surface area (Å²) in [4.78, 5) is 31.4. The third-order valence-corrected chi connectivity index (χ3v) is 4.93. The molecule has 3 aromatic rings. The first-order chi connectivity index (χ1) is 13.2. The zero-order valence-electron chi connectivity index (χ0n) is 15.0. The zero-order valence-corrected chi connectivity index (χ0v) is 15.8. The summed E-state index contributed by atoms with van der Waals surface area (Å²) in [7, 11) is -2.69. The lowest BCUT2D eigenvalue weighted by Crippen LogP contribution is -2.18. The van der Waals surface area contributed by atoms with Crippen molar-refractivity contribution in [2.75, 3.05) is 7.11 Å². The summed E-state index contributed by atoms with van der Waals surface area (Å²) in [6.45, 7) is 1.53. The average Bonchev–Trinajstić information content (AvgIpc) is 2.66. The molecular formula is C18H17N3O6S. The van der Waals surface area contributed by atoms with Crippen LogP contribution in [0, 0.1) is 0 Å². The van der Waals surface area contributed by atoms with E-state index in [2.05, 4.69) is 9.97 Å². The highest BCUT2D eigenvalue weighted by Crippen LogP contribution is 2.25. The average molecular weight is 403 g/mol. The van der Waals surface area contributed by atoms with E-state index in [1.165, 1.54) is 26.2 Å². The van der Waals surface area contributed by atoms with Crippen LogP contribution in [0.4, 0.5) is 0 Å². The highest BCUT2D eigenvalue weighted by molar-refractivity contribution is 7.89. The van der Waals surface area contributed by atoms with Gasteiger partial charge in [-0.05, 0) is 37.3 Å². The number of para-hydroxylation sites is 1. The summed E-state index contributed by atoms with van der Waals surface area (Å²) >= 11 is 0. The summed E-state index contributed by atoms with van der Waals surface area (Å²) in [6.07, 6.45) is -0.910. The van der Waals surface area contributed by atoms with Crippen molar-refractivity contribution in [2.45, 2.75) is 17.9 Å². The van der Waals surface area contributed by atoms with Crippen molar-refractivity contribution in [3.8, 4) is 5.75 Å². The lowest BCUT2D eigenvalue weighted by molar-refractivity contribution is 0.0316. The number of fused-ring (bicyclic) bond motifs is 1. The summed E-state index contributed by atoms with van der Waals surface area (Å²) in [5, 5.41) is 5.52. The highest BCUT2D eigenvalue weighted by Gasteiger charge is 2.22. The maximum atomic E-state index is 12.6. The molecule has 1 aromatic heterocycles. The fourth-order valence-electron chi connectivity index (χ4n) is 2.60. The summed E-state index contributed by atoms with van der Waals surface area (Å²) in [6, 6.07) is 10.3. The number of aromatic nitrogens is 2. The molecule has 0 unspecified atom stereocenters. The number of methoxy groups -OCH3 is 1. The van der Waals surface area contributed by atoms with Crippen LogP contribution in [0.2, 0.25) is 0 Å². The zero-order chi connectivity index (χ0) is 20.5. The Labute approximate surface area is 160 Å². The second-order valence-electron chi connectivity index (χ2n) is 5.92. The molecule has 0 saturated heterocycles. The van der Waals surface area contributed by atoms with Crippen molar-refractivity contribution < 1.29 is 22.7 Å². The van der Waals surface area contributed by atoms with Crippen molar-refractivity contribution in [1.82, 2.24) is 9.97 Å². The number of sulfonamides is 1. The molecule has 146 valence electrons. The van der Waals surface area contributed by atoms with Crippen LogP contribution in [-0.2, 0) is 14.8 Å². The number of rotatable bonds is 5. The van der Waals surface area contributed by atoms with Gasteiger partial charge < -0.3 is 14.5 Å². The van der Waals surface area contributed by atoms with Crippen LogP contribution in [0.15, 0.2) is 52.2 Å². The highest BCUT2D eigenvalue weighted by atomic mass is 32.2. The predicted octanol–water partition coefficient (Wildman–Crippen LogP) is 1.50. The summed E-state index contributed by atoms with van der Waals surface area (Å²) in [5.74, 6) is -0.589. The number of hydrogen-bond donors (Lipinski definition) is 2. The molecule has 1 atom stereocenters. The molecule has 3 N–H and O–H groups in total. The first kappa shape index (κ1) is 19.5. The van der Waals surface area contributed by atoms with E-state index in [0.29, 0.717) is 10.9 Å². The van der Waals surface area contributed by atoms with Gasteiger partial charge in [0.1, 0.15) is 11.3 Å². The normalized spacial score (nSPS) is 12.5. The third-order valence-electron chi connectivity index (χ3n) is 4.02. The smallest absolute Gasteiger partial charge is 0.342 e. The Morgan fingerprint density at radius 2 is 1.93 bits per heavy atom. The molecule has 9 nitrogen and oxygen atoms in total. The standard InChI is InChI=1S/C18H17N3O6S/c1-10(16-20-14-6-4-3-5-12(14)17(22)21-16)27-18(23)13-9-11(28(19,24)25)7-8-15(13)26-2/h3-10H,1-2H3,(H2,19,24,25)(H,20,21,22)/t10-/m1/s1. The van der Waals surface area contributed by atoms with E-state index < -0.39 is 22.1 Å². The molecular weight excluding hydrogens is 386 g/mol. The largest absolute Gasteiger partial charge is 0.496 e. The number of hydrogen-bond acceptors (Lipinski definition) is 7. The van der Waals surface area contributed by atoms with Crippen LogP contribution < -0.4 is 15.4 Å². The first-order valence-electron chi connectivity index (χ1n) is 8.11. The Morgan fingerprint density at radius 1 is 1.21 bits per heavy atom. The van der Waals surface area contributed by atoms with Crippen LogP contribution in [-0.4, -0.2) is 31.5 Å². The van der Waals surface area contributed by atoms with Gasteiger partial charge in [-0.15, -0.1) is 0 Å². The Morgan fingerprint density at radius 3 is 2.61 bits per heavy atom. The quantitative estimate of drug-likeness (QED) is 0.615. The Hall–Kier alpha value is -3.24. The number of esters is 1. The molecule has 28 heavy (non-hydrogen) atoms. The number of carbonyl (C=O) groups excluding carboxylic acids is 1. The number of nitrogens with two attached hydrogens (primary N) is 1. The maximum Gasteiger partial charge on any atom is 0.342 e. The predicted molar refractivity (Wildman–Crippen MR) is 101 cm³/mol. The summed E-state index contributed by atoms with van der Waals surface area (Å²) in [5.41, 5.74) is -0.0285. The van der Waals surface area contributed by atoms with Crippen molar-refractivity contribution in [3.63, 3.8) is 0 Å². The lowest BCUT2D eigenvalue weighted by atomic mass is 10.2. The minimum Gasteiger partial charge on any atom is -0.496 e. The molecule has 1 heterocycles. The first-order valence-corrected chi connectivity index (χ1v) is 9.66. The number of carbonyl (C=O) groups is 1. The van der Waals surface area contributed by atoms with Gasteiger partial charge in [-0.1, -0.05) is 12.1 Å². The molecule has 0 radical (unpaired) electrons. The van der Waals surface area contributed by atoms with Crippen LogP contribution in [0.3, 0.4) is 0 Å². The molecule has 3 rings (SSSR count). The molecule has 0 bridgehead atoms. The van der Waals surface area contributed by atoms with Crippen LogP contribution in [0.25, 0.3) is 10.9 Å². The number of nitrogens with zero attached hydrogens (tertiary/aromatic N) is 1. The SMILES string of the molecule is COc1ccc(S(N)(=O)=O)cc1C(=O)O[C@H](C)c1nc2ccccc2c(=O)[nH]1. The van der Waals surface area contributed by atoms with Gasteiger partial charge in [0.2, 0.25) is 10.0 Å². The lowest BCUT2D eigenvalue weighted by Gasteiger charge is -2.15. The van der Waals surface area contributed by atoms with Crippen molar-refractivity contribution in [3.05, 3.63) is 64.2 Å². The molecule has 0 aliphatic carbocycles. The minimum absolute atomic E-state index is 0.115. The van der Waals surface area contributed by atoms with Gasteiger partial charge in [0, 0.05) is 0 Å². The molecule has 2 aromatic carbocycles. The Balaban J connectivity index is 1.94. The molecule has 0 fully saturated rings. The molecule has 0 saturated carbocycles. The fraction of sp³-hybridized carbons (Fsp3) is 0.167. The van der Waals surface area contributed by atoms with Crippen molar-refractivity contribution in [2.24, 2.45) is 5.14 Å². The Kier molecular flexibility index (Phi) is 5.16. The van der Waals surface area contributed by atoms with Gasteiger partial charge in [-0.25, -0.2) is 23.3 Å². The number of H-pyrrole nitrogens is 1. The Bertz CT molecular complexity index is 1220. The van der Waals surface area contributed by atoms with Crippen LogP contribution in [0.1, 0.15) is 29.2 Å². The van der Waals surface area contributed by atoms with E-state index in [1.54, 1.807) is 24.3 Å². The van der Waals surface area contributed by atoms with E-state index in [0.717, 1.165) is 6.07 Å². The van der Waals surface area contributed by atoms with Gasteiger partial charge in [0.15, 0.2) is 11.9 Å². The van der Waals surface area contributed by atoms with E-state index in [-0.39, 0.29) is 27.6 Å². The molecule has 0 amide bonds. The van der Waals surface area contributed by atoms with Gasteiger partial charge in [0.05, 0.1) is 22.9 Å². The summed E-state index contributed by atoms with van der Waals surface area (Å²) < 4.78 is 33.5. The molecule has 0 spiro atoms. The second-order valence-corrected chi connectivity index (χ2v) is 7.48. The number of primary sulfonamides is 1. The third kappa shape index (κ3) is 3.87. The topological polar surface area (TPSA) is 141 Å². The van der Waals surface area contributed by atoms with E-state index >= 15 is 0 Å². The van der Waals surface area contributed by atoms with E-state index in [9.17, 15) is 18.0 Å². The van der Waals surface area contributed by atoms with Gasteiger partial charge >= 0.3 is 5.97 Å².